The predicted octanol–water partition coefficient (Wildman–Crippen LogP) is 1.79. The minimum absolute atomic E-state index is 0.0564. The molecule has 1 aromatic rings. The number of anilines is 1. The fourth-order valence-corrected chi connectivity index (χ4v) is 1.43. The van der Waals surface area contributed by atoms with Crippen LogP contribution in [0.3, 0.4) is 0 Å². The van der Waals surface area contributed by atoms with E-state index in [1.807, 2.05) is 31.2 Å². The van der Waals surface area contributed by atoms with E-state index in [1.54, 1.807) is 0 Å². The number of nitrogens with one attached hydrogen (secondary N) is 1. The first kappa shape index (κ1) is 15.2. The van der Waals surface area contributed by atoms with E-state index in [4.69, 9.17) is 9.84 Å². The SMILES string of the molecule is CCOCCC(=O)Nc1cccc(C#CCCO)c1. The zero-order valence-corrected chi connectivity index (χ0v) is 11.1. The molecule has 0 aliphatic rings. The molecule has 0 unspecified atom stereocenters. The molecule has 0 fully saturated rings. The molecule has 0 aliphatic carbocycles. The number of benzene rings is 1. The Labute approximate surface area is 113 Å². The first-order chi connectivity index (χ1) is 9.26. The standard InChI is InChI=1S/C15H19NO3/c1-2-19-11-9-15(18)16-14-8-5-7-13(12-14)6-3-4-10-17/h5,7-8,12,17H,2,4,9-11H2,1H3,(H,16,18). The lowest BCUT2D eigenvalue weighted by molar-refractivity contribution is -0.117. The fraction of sp³-hybridized carbons (Fsp3) is 0.400. The van der Waals surface area contributed by atoms with Crippen LogP contribution in [-0.4, -0.2) is 30.8 Å². The van der Waals surface area contributed by atoms with Gasteiger partial charge in [0.1, 0.15) is 0 Å². The molecule has 0 aromatic heterocycles. The monoisotopic (exact) mass is 261 g/mol. The minimum atomic E-state index is -0.0751. The maximum Gasteiger partial charge on any atom is 0.226 e. The van der Waals surface area contributed by atoms with E-state index in [2.05, 4.69) is 17.2 Å². The average molecular weight is 261 g/mol. The summed E-state index contributed by atoms with van der Waals surface area (Å²) in [5.74, 6) is 5.69. The molecule has 4 nitrogen and oxygen atoms in total. The van der Waals surface area contributed by atoms with Crippen molar-refractivity contribution in [3.8, 4) is 11.8 Å². The summed E-state index contributed by atoms with van der Waals surface area (Å²) in [5.41, 5.74) is 1.54. The lowest BCUT2D eigenvalue weighted by Crippen LogP contribution is -2.14. The molecule has 0 radical (unpaired) electrons. The topological polar surface area (TPSA) is 58.6 Å². The predicted molar refractivity (Wildman–Crippen MR) is 74.8 cm³/mol. The van der Waals surface area contributed by atoms with E-state index in [0.29, 0.717) is 26.1 Å². The van der Waals surface area contributed by atoms with E-state index < -0.39 is 0 Å². The molecular formula is C15H19NO3. The van der Waals surface area contributed by atoms with Crippen molar-refractivity contribution in [3.63, 3.8) is 0 Å². The summed E-state index contributed by atoms with van der Waals surface area (Å²) in [6.07, 6.45) is 0.791. The summed E-state index contributed by atoms with van der Waals surface area (Å²) in [4.78, 5) is 11.6. The summed E-state index contributed by atoms with van der Waals surface area (Å²) < 4.78 is 5.12. The van der Waals surface area contributed by atoms with Crippen molar-refractivity contribution in [3.05, 3.63) is 29.8 Å². The second kappa shape index (κ2) is 9.15. The summed E-state index contributed by atoms with van der Waals surface area (Å²) in [7, 11) is 0. The van der Waals surface area contributed by atoms with Crippen LogP contribution in [0.25, 0.3) is 0 Å². The first-order valence-electron chi connectivity index (χ1n) is 6.33. The van der Waals surface area contributed by atoms with Gasteiger partial charge in [-0.1, -0.05) is 17.9 Å². The Morgan fingerprint density at radius 1 is 1.47 bits per heavy atom. The zero-order valence-electron chi connectivity index (χ0n) is 11.1. The molecule has 0 atom stereocenters. The molecule has 2 N–H and O–H groups in total. The van der Waals surface area contributed by atoms with Gasteiger partial charge in [-0.2, -0.15) is 0 Å². The summed E-state index contributed by atoms with van der Waals surface area (Å²) >= 11 is 0. The first-order valence-corrected chi connectivity index (χ1v) is 6.33. The third-order valence-corrected chi connectivity index (χ3v) is 2.29. The summed E-state index contributed by atoms with van der Waals surface area (Å²) in [6.45, 7) is 2.99. The molecule has 1 amide bonds. The van der Waals surface area contributed by atoms with Gasteiger partial charge in [-0.25, -0.2) is 0 Å². The van der Waals surface area contributed by atoms with Gasteiger partial charge in [0.25, 0.3) is 0 Å². The molecule has 0 aliphatic heterocycles. The van der Waals surface area contributed by atoms with E-state index in [9.17, 15) is 4.79 Å². The van der Waals surface area contributed by atoms with Gasteiger partial charge in [0.15, 0.2) is 0 Å². The highest BCUT2D eigenvalue weighted by Gasteiger charge is 2.02. The average Bonchev–Trinajstić information content (AvgIpc) is 2.40. The Hall–Kier alpha value is -1.83. The second-order valence-electron chi connectivity index (χ2n) is 3.85. The molecular weight excluding hydrogens is 242 g/mol. The number of rotatable bonds is 6. The summed E-state index contributed by atoms with van der Waals surface area (Å²) in [6, 6.07) is 7.32. The molecule has 102 valence electrons. The molecule has 4 heteroatoms. The van der Waals surface area contributed by atoms with Crippen molar-refractivity contribution >= 4 is 11.6 Å². The molecule has 1 rings (SSSR count). The van der Waals surface area contributed by atoms with Gasteiger partial charge in [-0.05, 0) is 25.1 Å². The number of carbonyl (C=O) groups excluding carboxylic acids is 1. The van der Waals surface area contributed by atoms with Crippen LogP contribution in [0.5, 0.6) is 0 Å². The van der Waals surface area contributed by atoms with Crippen molar-refractivity contribution in [2.24, 2.45) is 0 Å². The molecule has 0 bridgehead atoms. The van der Waals surface area contributed by atoms with Gasteiger partial charge in [0, 0.05) is 24.3 Å². The van der Waals surface area contributed by atoms with Crippen molar-refractivity contribution in [1.82, 2.24) is 0 Å². The van der Waals surface area contributed by atoms with Crippen LogP contribution in [-0.2, 0) is 9.53 Å². The Kier molecular flexibility index (Phi) is 7.33. The largest absolute Gasteiger partial charge is 0.395 e. The van der Waals surface area contributed by atoms with Crippen LogP contribution in [0.4, 0.5) is 5.69 Å². The maximum atomic E-state index is 11.6. The van der Waals surface area contributed by atoms with Crippen molar-refractivity contribution in [1.29, 1.82) is 0 Å². The highest BCUT2D eigenvalue weighted by atomic mass is 16.5. The molecule has 1 aromatic carbocycles. The van der Waals surface area contributed by atoms with Crippen LogP contribution >= 0.6 is 0 Å². The number of ether oxygens (including phenoxy) is 1. The number of amides is 1. The van der Waals surface area contributed by atoms with Crippen molar-refractivity contribution < 1.29 is 14.6 Å². The highest BCUT2D eigenvalue weighted by molar-refractivity contribution is 5.90. The fourth-order valence-electron chi connectivity index (χ4n) is 1.43. The molecule has 19 heavy (non-hydrogen) atoms. The van der Waals surface area contributed by atoms with Gasteiger partial charge >= 0.3 is 0 Å². The second-order valence-corrected chi connectivity index (χ2v) is 3.85. The third-order valence-electron chi connectivity index (χ3n) is 2.29. The Balaban J connectivity index is 2.52. The number of hydrogen-bond acceptors (Lipinski definition) is 3. The molecule has 0 spiro atoms. The smallest absolute Gasteiger partial charge is 0.226 e. The van der Waals surface area contributed by atoms with Crippen molar-refractivity contribution in [2.45, 2.75) is 19.8 Å². The van der Waals surface area contributed by atoms with Gasteiger partial charge in [-0.15, -0.1) is 0 Å². The van der Waals surface area contributed by atoms with Gasteiger partial charge < -0.3 is 15.2 Å². The molecule has 0 heterocycles. The number of hydrogen-bond donors (Lipinski definition) is 2. The van der Waals surface area contributed by atoms with E-state index in [0.717, 1.165) is 11.3 Å². The highest BCUT2D eigenvalue weighted by Crippen LogP contribution is 2.10. The lowest BCUT2D eigenvalue weighted by atomic mass is 10.2. The molecule has 0 saturated carbocycles. The maximum absolute atomic E-state index is 11.6. The minimum Gasteiger partial charge on any atom is -0.395 e. The lowest BCUT2D eigenvalue weighted by Gasteiger charge is -2.05. The molecule has 0 saturated heterocycles. The summed E-state index contributed by atoms with van der Waals surface area (Å²) in [5, 5.41) is 11.4. The Bertz CT molecular complexity index is 460. The third kappa shape index (κ3) is 6.61. The van der Waals surface area contributed by atoms with E-state index >= 15 is 0 Å². The number of aliphatic hydroxyl groups excluding tert-OH is 1. The van der Waals surface area contributed by atoms with Gasteiger partial charge in [0.2, 0.25) is 5.91 Å². The van der Waals surface area contributed by atoms with Crippen LogP contribution in [0.15, 0.2) is 24.3 Å². The van der Waals surface area contributed by atoms with Crippen LogP contribution < -0.4 is 5.32 Å². The van der Waals surface area contributed by atoms with E-state index in [-0.39, 0.29) is 12.5 Å². The Morgan fingerprint density at radius 3 is 3.05 bits per heavy atom. The van der Waals surface area contributed by atoms with Gasteiger partial charge in [-0.3, -0.25) is 4.79 Å². The van der Waals surface area contributed by atoms with Crippen molar-refractivity contribution in [2.75, 3.05) is 25.1 Å². The number of aliphatic hydroxyl groups is 1. The van der Waals surface area contributed by atoms with E-state index in [1.165, 1.54) is 0 Å². The Morgan fingerprint density at radius 2 is 2.32 bits per heavy atom. The zero-order chi connectivity index (χ0) is 13.9. The number of carbonyl (C=O) groups is 1. The quantitative estimate of drug-likeness (QED) is 0.606. The van der Waals surface area contributed by atoms with Crippen LogP contribution in [0.1, 0.15) is 25.3 Å². The van der Waals surface area contributed by atoms with Crippen LogP contribution in [0.2, 0.25) is 0 Å². The van der Waals surface area contributed by atoms with Gasteiger partial charge in [0.05, 0.1) is 19.6 Å². The normalized spacial score (nSPS) is 9.58. The van der Waals surface area contributed by atoms with Crippen LogP contribution in [0, 0.1) is 11.8 Å².